The summed E-state index contributed by atoms with van der Waals surface area (Å²) in [5.41, 5.74) is 2.84. The van der Waals surface area contributed by atoms with Gasteiger partial charge in [-0.15, -0.1) is 11.8 Å². The molecular formula is C20H26N2O2S. The first-order valence-electron chi connectivity index (χ1n) is 9.42. The Morgan fingerprint density at radius 2 is 2.04 bits per heavy atom. The molecule has 1 aromatic rings. The number of benzene rings is 1. The number of aryl methyl sites for hydroxylation is 1. The van der Waals surface area contributed by atoms with E-state index in [0.29, 0.717) is 18.1 Å². The lowest BCUT2D eigenvalue weighted by Crippen LogP contribution is -2.47. The minimum atomic E-state index is -0.290. The van der Waals surface area contributed by atoms with Crippen LogP contribution in [0, 0.1) is 11.8 Å². The number of Topliss-reactive ketones (excluding diaryl/α,β-unsaturated/α-hetero) is 1. The second kappa shape index (κ2) is 7.50. The molecule has 134 valence electrons. The van der Waals surface area contributed by atoms with Crippen LogP contribution in [-0.2, 0) is 22.4 Å². The van der Waals surface area contributed by atoms with Gasteiger partial charge in [0.05, 0.1) is 11.9 Å². The molecule has 2 heterocycles. The fourth-order valence-electron chi connectivity index (χ4n) is 4.48. The predicted octanol–water partition coefficient (Wildman–Crippen LogP) is 2.26. The number of hydrogen-bond donors (Lipinski definition) is 1. The van der Waals surface area contributed by atoms with Crippen molar-refractivity contribution in [2.24, 2.45) is 11.8 Å². The average Bonchev–Trinajstić information content (AvgIpc) is 3.33. The van der Waals surface area contributed by atoms with E-state index in [4.69, 9.17) is 0 Å². The van der Waals surface area contributed by atoms with Gasteiger partial charge in [-0.3, -0.25) is 9.59 Å². The van der Waals surface area contributed by atoms with E-state index in [2.05, 4.69) is 29.6 Å². The largest absolute Gasteiger partial charge is 0.331 e. The number of nitrogens with one attached hydrogen (secondary N) is 1. The molecule has 3 atom stereocenters. The van der Waals surface area contributed by atoms with E-state index < -0.39 is 0 Å². The molecule has 1 aliphatic carbocycles. The zero-order valence-corrected chi connectivity index (χ0v) is 15.4. The van der Waals surface area contributed by atoms with Gasteiger partial charge in [0, 0.05) is 24.6 Å². The summed E-state index contributed by atoms with van der Waals surface area (Å²) in [4.78, 5) is 27.6. The SMILES string of the molecule is O=C(C[C@H]1CCc2ccccc2C1)C1CCN[C@H]1C(=O)N1CCSC1. The Balaban J connectivity index is 1.38. The lowest BCUT2D eigenvalue weighted by atomic mass is 9.79. The van der Waals surface area contributed by atoms with Crippen molar-refractivity contribution in [3.8, 4) is 0 Å². The fraction of sp³-hybridized carbons (Fsp3) is 0.600. The molecule has 4 nitrogen and oxygen atoms in total. The molecule has 1 N–H and O–H groups in total. The molecule has 2 saturated heterocycles. The number of carbonyl (C=O) groups is 2. The third-order valence-corrected chi connectivity index (χ3v) is 6.87. The van der Waals surface area contributed by atoms with E-state index in [1.54, 1.807) is 11.8 Å². The van der Waals surface area contributed by atoms with Crippen molar-refractivity contribution in [1.29, 1.82) is 0 Å². The molecule has 25 heavy (non-hydrogen) atoms. The van der Waals surface area contributed by atoms with Crippen molar-refractivity contribution >= 4 is 23.5 Å². The van der Waals surface area contributed by atoms with Crippen molar-refractivity contribution < 1.29 is 9.59 Å². The van der Waals surface area contributed by atoms with Gasteiger partial charge in [-0.1, -0.05) is 24.3 Å². The number of hydrogen-bond acceptors (Lipinski definition) is 4. The van der Waals surface area contributed by atoms with Crippen LogP contribution >= 0.6 is 11.8 Å². The zero-order chi connectivity index (χ0) is 17.2. The maximum absolute atomic E-state index is 12.9. The Morgan fingerprint density at radius 1 is 1.20 bits per heavy atom. The first-order valence-corrected chi connectivity index (χ1v) is 10.6. The molecule has 4 rings (SSSR count). The number of nitrogens with zero attached hydrogens (tertiary/aromatic N) is 1. The minimum Gasteiger partial charge on any atom is -0.331 e. The highest BCUT2D eigenvalue weighted by Gasteiger charge is 2.40. The number of rotatable bonds is 4. The van der Waals surface area contributed by atoms with Gasteiger partial charge in [-0.05, 0) is 49.3 Å². The molecule has 0 radical (unpaired) electrons. The van der Waals surface area contributed by atoms with Gasteiger partial charge in [0.15, 0.2) is 0 Å². The summed E-state index contributed by atoms with van der Waals surface area (Å²) in [6.07, 6.45) is 4.59. The molecule has 1 amide bonds. The molecule has 0 bridgehead atoms. The third kappa shape index (κ3) is 3.63. The van der Waals surface area contributed by atoms with E-state index in [1.165, 1.54) is 11.1 Å². The van der Waals surface area contributed by atoms with Crippen LogP contribution < -0.4 is 5.32 Å². The first kappa shape index (κ1) is 17.1. The Labute approximate surface area is 153 Å². The fourth-order valence-corrected chi connectivity index (χ4v) is 5.43. The Morgan fingerprint density at radius 3 is 2.84 bits per heavy atom. The summed E-state index contributed by atoms with van der Waals surface area (Å²) < 4.78 is 0. The summed E-state index contributed by atoms with van der Waals surface area (Å²) in [6.45, 7) is 1.60. The highest BCUT2D eigenvalue weighted by Crippen LogP contribution is 2.30. The lowest BCUT2D eigenvalue weighted by Gasteiger charge is -2.27. The minimum absolute atomic E-state index is 0.129. The van der Waals surface area contributed by atoms with Crippen LogP contribution in [0.3, 0.4) is 0 Å². The van der Waals surface area contributed by atoms with Gasteiger partial charge in [0.25, 0.3) is 0 Å². The molecule has 2 aliphatic heterocycles. The van der Waals surface area contributed by atoms with Crippen LogP contribution in [0.2, 0.25) is 0 Å². The van der Waals surface area contributed by atoms with Crippen LogP contribution in [-0.4, -0.2) is 47.4 Å². The van der Waals surface area contributed by atoms with Crippen molar-refractivity contribution in [1.82, 2.24) is 10.2 Å². The zero-order valence-electron chi connectivity index (χ0n) is 14.6. The van der Waals surface area contributed by atoms with Crippen molar-refractivity contribution in [2.75, 3.05) is 24.7 Å². The second-order valence-electron chi connectivity index (χ2n) is 7.51. The second-order valence-corrected chi connectivity index (χ2v) is 8.59. The van der Waals surface area contributed by atoms with Crippen molar-refractivity contribution in [2.45, 2.75) is 38.1 Å². The predicted molar refractivity (Wildman–Crippen MR) is 101 cm³/mol. The highest BCUT2D eigenvalue weighted by molar-refractivity contribution is 7.99. The standard InChI is InChI=1S/C20H26N2O2S/c23-18(12-14-5-6-15-3-1-2-4-16(15)11-14)17-7-8-21-19(17)20(24)22-9-10-25-13-22/h1-4,14,17,19,21H,5-13H2/t14-,17?,19+/m0/s1. The van der Waals surface area contributed by atoms with Crippen LogP contribution in [0.5, 0.6) is 0 Å². The quantitative estimate of drug-likeness (QED) is 0.897. The topological polar surface area (TPSA) is 49.4 Å². The summed E-state index contributed by atoms with van der Waals surface area (Å²) in [5, 5.41) is 3.30. The lowest BCUT2D eigenvalue weighted by molar-refractivity contribution is -0.136. The van der Waals surface area contributed by atoms with Crippen LogP contribution in [0.1, 0.15) is 30.4 Å². The average molecular weight is 359 g/mol. The molecule has 0 saturated carbocycles. The molecular weight excluding hydrogens is 332 g/mol. The normalized spacial score (nSPS) is 28.8. The molecule has 5 heteroatoms. The van der Waals surface area contributed by atoms with Crippen LogP contribution in [0.15, 0.2) is 24.3 Å². The van der Waals surface area contributed by atoms with E-state index >= 15 is 0 Å². The van der Waals surface area contributed by atoms with E-state index in [0.717, 1.165) is 50.4 Å². The molecule has 2 fully saturated rings. The summed E-state index contributed by atoms with van der Waals surface area (Å²) in [6, 6.07) is 8.30. The number of fused-ring (bicyclic) bond motifs is 1. The van der Waals surface area contributed by atoms with Crippen molar-refractivity contribution in [3.63, 3.8) is 0 Å². The number of thioether (sulfide) groups is 1. The summed E-state index contributed by atoms with van der Waals surface area (Å²) in [5.74, 6) is 2.52. The summed E-state index contributed by atoms with van der Waals surface area (Å²) >= 11 is 1.79. The maximum Gasteiger partial charge on any atom is 0.241 e. The van der Waals surface area contributed by atoms with Crippen LogP contribution in [0.4, 0.5) is 0 Å². The highest BCUT2D eigenvalue weighted by atomic mass is 32.2. The molecule has 1 aromatic carbocycles. The van der Waals surface area contributed by atoms with Gasteiger partial charge in [0.1, 0.15) is 5.78 Å². The van der Waals surface area contributed by atoms with Gasteiger partial charge < -0.3 is 10.2 Å². The first-order chi connectivity index (χ1) is 12.2. The van der Waals surface area contributed by atoms with Gasteiger partial charge in [0.2, 0.25) is 5.91 Å². The van der Waals surface area contributed by atoms with E-state index in [1.807, 2.05) is 4.90 Å². The molecule has 3 aliphatic rings. The van der Waals surface area contributed by atoms with E-state index in [9.17, 15) is 9.59 Å². The van der Waals surface area contributed by atoms with E-state index in [-0.39, 0.29) is 17.9 Å². The van der Waals surface area contributed by atoms with Crippen molar-refractivity contribution in [3.05, 3.63) is 35.4 Å². The van der Waals surface area contributed by atoms with Gasteiger partial charge >= 0.3 is 0 Å². The Hall–Kier alpha value is -1.33. The Kier molecular flexibility index (Phi) is 5.13. The number of amides is 1. The molecule has 0 aromatic heterocycles. The van der Waals surface area contributed by atoms with Crippen LogP contribution in [0.25, 0.3) is 0 Å². The smallest absolute Gasteiger partial charge is 0.241 e. The summed E-state index contributed by atoms with van der Waals surface area (Å²) in [7, 11) is 0. The third-order valence-electron chi connectivity index (χ3n) is 5.90. The molecule has 0 spiro atoms. The molecule has 1 unspecified atom stereocenters. The number of ketones is 1. The maximum atomic E-state index is 12.9. The van der Waals surface area contributed by atoms with Gasteiger partial charge in [-0.2, -0.15) is 0 Å². The monoisotopic (exact) mass is 358 g/mol. The Bertz CT molecular complexity index is 657. The van der Waals surface area contributed by atoms with Gasteiger partial charge in [-0.25, -0.2) is 0 Å². The number of carbonyl (C=O) groups excluding carboxylic acids is 2.